The minimum atomic E-state index is -5.08. The highest BCUT2D eigenvalue weighted by Crippen LogP contribution is 2.42. The Balaban J connectivity index is 0.000000360. The lowest BCUT2D eigenvalue weighted by Crippen LogP contribution is -2.44. The Hall–Kier alpha value is -2.57. The van der Waals surface area contributed by atoms with Crippen LogP contribution in [0.15, 0.2) is 18.2 Å². The Morgan fingerprint density at radius 3 is 2.72 bits per heavy atom. The summed E-state index contributed by atoms with van der Waals surface area (Å²) in [7, 11) is 1.53. The van der Waals surface area contributed by atoms with Crippen LogP contribution in [-0.2, 0) is 25.6 Å². The third-order valence-corrected chi connectivity index (χ3v) is 5.59. The minimum absolute atomic E-state index is 0.000258. The molecule has 3 heterocycles. The van der Waals surface area contributed by atoms with Crippen LogP contribution < -0.4 is 14.8 Å². The Labute approximate surface area is 182 Å². The summed E-state index contributed by atoms with van der Waals surface area (Å²) in [6, 6.07) is 6.11. The number of amides is 1. The number of carbonyl (C=O) groups is 2. The molecule has 0 aliphatic carbocycles. The zero-order chi connectivity index (χ0) is 23.4. The number of hydrogen-bond acceptors (Lipinski definition) is 7. The summed E-state index contributed by atoms with van der Waals surface area (Å²) in [6.07, 6.45) is -5.08. The number of nitrogens with zero attached hydrogens (tertiary/aromatic N) is 1. The van der Waals surface area contributed by atoms with E-state index in [2.05, 4.69) is 22.3 Å². The third kappa shape index (κ3) is 5.81. The van der Waals surface area contributed by atoms with Gasteiger partial charge in [0.05, 0.1) is 13.2 Å². The van der Waals surface area contributed by atoms with Crippen molar-refractivity contribution >= 4 is 11.9 Å². The molecule has 0 unspecified atom stereocenters. The maximum Gasteiger partial charge on any atom is 0.490 e. The molecule has 32 heavy (non-hydrogen) atoms. The van der Waals surface area contributed by atoms with Gasteiger partial charge in [0.15, 0.2) is 11.5 Å². The molecule has 0 saturated carbocycles. The number of hydrogen-bond donors (Lipinski definition) is 2. The van der Waals surface area contributed by atoms with Crippen molar-refractivity contribution in [2.75, 3.05) is 53.4 Å². The van der Waals surface area contributed by atoms with E-state index in [0.717, 1.165) is 37.7 Å². The van der Waals surface area contributed by atoms with Crippen molar-refractivity contribution in [3.05, 3.63) is 23.8 Å². The number of halogens is 3. The molecule has 2 atom stereocenters. The van der Waals surface area contributed by atoms with Crippen LogP contribution >= 0.6 is 0 Å². The quantitative estimate of drug-likeness (QED) is 0.651. The normalized spacial score (nSPS) is 23.9. The minimum Gasteiger partial charge on any atom is -0.475 e. The number of benzene rings is 1. The van der Waals surface area contributed by atoms with Gasteiger partial charge < -0.3 is 29.4 Å². The maximum atomic E-state index is 11.7. The van der Waals surface area contributed by atoms with Gasteiger partial charge in [0.2, 0.25) is 12.7 Å². The number of carbonyl (C=O) groups excluding carboxylic acids is 1. The average Bonchev–Trinajstić information content (AvgIpc) is 3.40. The lowest BCUT2D eigenvalue weighted by Gasteiger charge is -2.27. The predicted octanol–water partition coefficient (Wildman–Crippen LogP) is 1.26. The van der Waals surface area contributed by atoms with Crippen LogP contribution in [0, 0.1) is 11.3 Å². The van der Waals surface area contributed by atoms with Crippen LogP contribution in [0.25, 0.3) is 0 Å². The highest BCUT2D eigenvalue weighted by Gasteiger charge is 2.50. The van der Waals surface area contributed by atoms with Gasteiger partial charge in [-0.3, -0.25) is 9.69 Å². The molecule has 1 aromatic rings. The molecule has 3 aliphatic rings. The molecule has 3 aliphatic heterocycles. The second-order valence-corrected chi connectivity index (χ2v) is 7.94. The molecule has 1 aromatic carbocycles. The van der Waals surface area contributed by atoms with Gasteiger partial charge in [-0.25, -0.2) is 4.79 Å². The number of carboxylic acids is 1. The van der Waals surface area contributed by atoms with Crippen molar-refractivity contribution in [1.29, 1.82) is 0 Å². The summed E-state index contributed by atoms with van der Waals surface area (Å²) in [5.41, 5.74) is 1.21. The molecule has 9 nitrogen and oxygen atoms in total. The molecule has 2 saturated heterocycles. The highest BCUT2D eigenvalue weighted by atomic mass is 19.4. The van der Waals surface area contributed by atoms with E-state index in [9.17, 15) is 18.0 Å². The summed E-state index contributed by atoms with van der Waals surface area (Å²) in [5, 5.41) is 10.1. The standard InChI is InChI=1S/C18H24N2O5.C2HF3O2/c1-22-8-17(21)19-9-18-10-20(6-14(18)7-23-11-18)5-13-2-3-15-16(4-13)25-12-24-15;3-2(4,5)1(6)7/h2-4,14H,5-12H2,1H3,(H,19,21);(H,6,7)/t14-,18+;/m1./s1. The van der Waals surface area contributed by atoms with Crippen molar-refractivity contribution in [3.8, 4) is 11.5 Å². The summed E-state index contributed by atoms with van der Waals surface area (Å²) < 4.78 is 53.2. The summed E-state index contributed by atoms with van der Waals surface area (Å²) in [6.45, 7) is 5.25. The first-order valence-corrected chi connectivity index (χ1v) is 9.87. The third-order valence-electron chi connectivity index (χ3n) is 5.59. The fourth-order valence-corrected chi connectivity index (χ4v) is 4.07. The van der Waals surface area contributed by atoms with Gasteiger partial charge in [-0.2, -0.15) is 13.2 Å². The van der Waals surface area contributed by atoms with Crippen molar-refractivity contribution < 1.29 is 46.8 Å². The SMILES string of the molecule is COCC(=O)NC[C@]12COC[C@H]1CN(Cc1ccc3c(c1)OCO3)C2.O=C(O)C(F)(F)F. The number of carboxylic acid groups (broad SMARTS) is 1. The van der Waals surface area contributed by atoms with Crippen molar-refractivity contribution in [3.63, 3.8) is 0 Å². The van der Waals surface area contributed by atoms with Gasteiger partial charge in [-0.15, -0.1) is 0 Å². The van der Waals surface area contributed by atoms with E-state index >= 15 is 0 Å². The molecular weight excluding hydrogens is 437 g/mol. The van der Waals surface area contributed by atoms with Crippen molar-refractivity contribution in [1.82, 2.24) is 10.2 Å². The summed E-state index contributed by atoms with van der Waals surface area (Å²) >= 11 is 0. The largest absolute Gasteiger partial charge is 0.490 e. The molecule has 1 amide bonds. The van der Waals surface area contributed by atoms with Crippen LogP contribution in [0.2, 0.25) is 0 Å². The van der Waals surface area contributed by atoms with Gasteiger partial charge >= 0.3 is 12.1 Å². The number of nitrogens with one attached hydrogen (secondary N) is 1. The van der Waals surface area contributed by atoms with E-state index < -0.39 is 12.1 Å². The van der Waals surface area contributed by atoms with Gasteiger partial charge in [0, 0.05) is 44.6 Å². The Bertz CT molecular complexity index is 836. The molecule has 0 spiro atoms. The van der Waals surface area contributed by atoms with E-state index in [1.165, 1.54) is 12.7 Å². The maximum absolute atomic E-state index is 11.7. The van der Waals surface area contributed by atoms with E-state index in [1.807, 2.05) is 6.07 Å². The molecule has 4 rings (SSSR count). The molecule has 178 valence electrons. The number of methoxy groups -OCH3 is 1. The smallest absolute Gasteiger partial charge is 0.475 e. The first kappa shape index (κ1) is 24.1. The highest BCUT2D eigenvalue weighted by molar-refractivity contribution is 5.77. The number of fused-ring (bicyclic) bond motifs is 2. The Morgan fingerprint density at radius 1 is 1.31 bits per heavy atom. The monoisotopic (exact) mass is 462 g/mol. The fourth-order valence-electron chi connectivity index (χ4n) is 4.07. The van der Waals surface area contributed by atoms with Crippen LogP contribution in [-0.4, -0.2) is 81.4 Å². The van der Waals surface area contributed by atoms with Crippen molar-refractivity contribution in [2.24, 2.45) is 11.3 Å². The van der Waals surface area contributed by atoms with Crippen molar-refractivity contribution in [2.45, 2.75) is 12.7 Å². The van der Waals surface area contributed by atoms with E-state index in [1.54, 1.807) is 0 Å². The molecule has 0 bridgehead atoms. The van der Waals surface area contributed by atoms with Crippen LogP contribution in [0.4, 0.5) is 13.2 Å². The second kappa shape index (κ2) is 9.92. The lowest BCUT2D eigenvalue weighted by atomic mass is 9.81. The van der Waals surface area contributed by atoms with E-state index in [-0.39, 0.29) is 17.9 Å². The summed E-state index contributed by atoms with van der Waals surface area (Å²) in [4.78, 5) is 23.1. The number of rotatable bonds is 6. The molecule has 0 aromatic heterocycles. The molecule has 0 radical (unpaired) electrons. The number of likely N-dealkylation sites (tertiary alicyclic amines) is 1. The predicted molar refractivity (Wildman–Crippen MR) is 103 cm³/mol. The van der Waals surface area contributed by atoms with E-state index in [4.69, 9.17) is 28.8 Å². The van der Waals surface area contributed by atoms with Gasteiger partial charge in [0.25, 0.3) is 0 Å². The topological polar surface area (TPSA) is 107 Å². The first-order chi connectivity index (χ1) is 15.1. The average molecular weight is 462 g/mol. The van der Waals surface area contributed by atoms with Crippen LogP contribution in [0.1, 0.15) is 5.56 Å². The zero-order valence-corrected chi connectivity index (χ0v) is 17.4. The number of alkyl halides is 3. The van der Waals surface area contributed by atoms with Gasteiger partial charge in [-0.1, -0.05) is 6.07 Å². The van der Waals surface area contributed by atoms with Gasteiger partial charge in [0.1, 0.15) is 6.61 Å². The molecular formula is C20H25F3N2O7. The molecule has 12 heteroatoms. The van der Waals surface area contributed by atoms with E-state index in [0.29, 0.717) is 25.9 Å². The Morgan fingerprint density at radius 2 is 2.03 bits per heavy atom. The number of ether oxygens (including phenoxy) is 4. The first-order valence-electron chi connectivity index (χ1n) is 9.87. The lowest BCUT2D eigenvalue weighted by molar-refractivity contribution is -0.192. The zero-order valence-electron chi connectivity index (χ0n) is 17.4. The molecule has 2 N–H and O–H groups in total. The van der Waals surface area contributed by atoms with Crippen LogP contribution in [0.5, 0.6) is 11.5 Å². The number of aliphatic carboxylic acids is 1. The second-order valence-electron chi connectivity index (χ2n) is 7.94. The molecule has 2 fully saturated rings. The van der Waals surface area contributed by atoms with Gasteiger partial charge in [-0.05, 0) is 17.7 Å². The van der Waals surface area contributed by atoms with Crippen LogP contribution in [0.3, 0.4) is 0 Å². The Kier molecular flexibility index (Phi) is 7.47. The fraction of sp³-hybridized carbons (Fsp3) is 0.600. The summed E-state index contributed by atoms with van der Waals surface area (Å²) in [5.74, 6) is -0.747.